The number of hydrogen-bond donors (Lipinski definition) is 3. The third-order valence-electron chi connectivity index (χ3n) is 2.52. The molecule has 0 amide bonds. The summed E-state index contributed by atoms with van der Waals surface area (Å²) in [7, 11) is -3.69. The van der Waals surface area contributed by atoms with Crippen molar-refractivity contribution in [1.29, 1.82) is 0 Å². The number of aliphatic hydroxyl groups excluding tert-OH is 1. The van der Waals surface area contributed by atoms with Crippen LogP contribution < -0.4 is 4.72 Å². The molecule has 2 aromatic rings. The number of sulfonamides is 1. The zero-order valence-electron chi connectivity index (χ0n) is 10.1. The van der Waals surface area contributed by atoms with E-state index in [2.05, 4.69) is 19.9 Å². The monoisotopic (exact) mass is 282 g/mol. The van der Waals surface area contributed by atoms with Crippen LogP contribution in [0, 0.1) is 0 Å². The number of aromatic amines is 1. The topological polar surface area (TPSA) is 108 Å². The normalized spacial score (nSPS) is 11.6. The lowest BCUT2D eigenvalue weighted by atomic mass is 10.3. The summed E-state index contributed by atoms with van der Waals surface area (Å²) in [5.74, 6) is 0. The zero-order chi connectivity index (χ0) is 13.7. The van der Waals surface area contributed by atoms with Gasteiger partial charge in [0.2, 0.25) is 0 Å². The van der Waals surface area contributed by atoms with Gasteiger partial charge in [-0.15, -0.1) is 0 Å². The molecule has 0 aliphatic carbocycles. The molecule has 2 rings (SSSR count). The number of hydrogen-bond acceptors (Lipinski definition) is 5. The largest absolute Gasteiger partial charge is 0.392 e. The Hall–Kier alpha value is -1.77. The standard InChI is InChI=1S/C11H14N4O3S/c16-8-9-7-13-15-11(9)19(17,18)14-6-4-10-3-1-2-5-12-10/h1-3,5,7,14,16H,4,6,8H2,(H,13,15). The number of nitrogens with one attached hydrogen (secondary N) is 2. The van der Waals surface area contributed by atoms with E-state index in [0.717, 1.165) is 5.69 Å². The van der Waals surface area contributed by atoms with E-state index in [9.17, 15) is 8.42 Å². The van der Waals surface area contributed by atoms with Gasteiger partial charge in [0, 0.05) is 30.4 Å². The van der Waals surface area contributed by atoms with Gasteiger partial charge in [-0.2, -0.15) is 5.10 Å². The smallest absolute Gasteiger partial charge is 0.257 e. The van der Waals surface area contributed by atoms with Crippen molar-refractivity contribution in [2.24, 2.45) is 0 Å². The highest BCUT2D eigenvalue weighted by Crippen LogP contribution is 2.11. The minimum atomic E-state index is -3.69. The lowest BCUT2D eigenvalue weighted by Gasteiger charge is -2.05. The molecular formula is C11H14N4O3S. The summed E-state index contributed by atoms with van der Waals surface area (Å²) in [6, 6.07) is 5.46. The second-order valence-electron chi connectivity index (χ2n) is 3.85. The van der Waals surface area contributed by atoms with Crippen LogP contribution in [0.4, 0.5) is 0 Å². The Kier molecular flexibility index (Phi) is 4.25. The van der Waals surface area contributed by atoms with Crippen molar-refractivity contribution in [3.8, 4) is 0 Å². The van der Waals surface area contributed by atoms with Gasteiger partial charge in [-0.25, -0.2) is 13.1 Å². The van der Waals surface area contributed by atoms with Crippen molar-refractivity contribution in [2.75, 3.05) is 6.54 Å². The molecule has 0 saturated heterocycles. The summed E-state index contributed by atoms with van der Waals surface area (Å²) in [6.45, 7) is -0.157. The molecule has 19 heavy (non-hydrogen) atoms. The van der Waals surface area contributed by atoms with Crippen molar-refractivity contribution in [3.63, 3.8) is 0 Å². The van der Waals surface area contributed by atoms with Crippen molar-refractivity contribution in [3.05, 3.63) is 41.9 Å². The Labute approximate surface area is 110 Å². The minimum Gasteiger partial charge on any atom is -0.392 e. The Morgan fingerprint density at radius 3 is 2.89 bits per heavy atom. The molecule has 0 fully saturated rings. The fourth-order valence-electron chi connectivity index (χ4n) is 1.58. The molecule has 2 heterocycles. The van der Waals surface area contributed by atoms with Crippen molar-refractivity contribution in [1.82, 2.24) is 19.9 Å². The van der Waals surface area contributed by atoms with E-state index in [1.807, 2.05) is 12.1 Å². The van der Waals surface area contributed by atoms with E-state index in [-0.39, 0.29) is 23.7 Å². The minimum absolute atomic E-state index is 0.101. The quantitative estimate of drug-likeness (QED) is 0.681. The average molecular weight is 282 g/mol. The van der Waals surface area contributed by atoms with Crippen molar-refractivity contribution >= 4 is 10.0 Å². The number of aromatic nitrogens is 3. The van der Waals surface area contributed by atoms with Crippen LogP contribution in [0.25, 0.3) is 0 Å². The maximum absolute atomic E-state index is 11.9. The molecule has 7 nitrogen and oxygen atoms in total. The maximum Gasteiger partial charge on any atom is 0.257 e. The predicted octanol–water partition coefficient (Wildman–Crippen LogP) is -0.182. The van der Waals surface area contributed by atoms with E-state index >= 15 is 0 Å². The van der Waals surface area contributed by atoms with Crippen LogP contribution in [-0.4, -0.2) is 35.3 Å². The van der Waals surface area contributed by atoms with Crippen LogP contribution >= 0.6 is 0 Å². The lowest BCUT2D eigenvalue weighted by molar-refractivity contribution is 0.278. The van der Waals surface area contributed by atoms with Gasteiger partial charge in [0.25, 0.3) is 10.0 Å². The Balaban J connectivity index is 1.99. The van der Waals surface area contributed by atoms with E-state index in [0.29, 0.717) is 6.42 Å². The predicted molar refractivity (Wildman–Crippen MR) is 67.6 cm³/mol. The van der Waals surface area contributed by atoms with Gasteiger partial charge in [-0.05, 0) is 12.1 Å². The van der Waals surface area contributed by atoms with Gasteiger partial charge >= 0.3 is 0 Å². The fourth-order valence-corrected chi connectivity index (χ4v) is 2.73. The SMILES string of the molecule is O=S(=O)(NCCc1ccccn1)c1[nH]ncc1CO. The van der Waals surface area contributed by atoms with Crippen LogP contribution in [-0.2, 0) is 23.1 Å². The second-order valence-corrected chi connectivity index (χ2v) is 5.56. The molecule has 0 spiro atoms. The zero-order valence-corrected chi connectivity index (χ0v) is 10.9. The van der Waals surface area contributed by atoms with Crippen LogP contribution in [0.5, 0.6) is 0 Å². The molecular weight excluding hydrogens is 268 g/mol. The van der Waals surface area contributed by atoms with Crippen molar-refractivity contribution < 1.29 is 13.5 Å². The molecule has 0 aromatic carbocycles. The van der Waals surface area contributed by atoms with Gasteiger partial charge < -0.3 is 5.11 Å². The van der Waals surface area contributed by atoms with Gasteiger partial charge in [0.05, 0.1) is 12.8 Å². The third-order valence-corrected chi connectivity index (χ3v) is 3.99. The Bertz CT molecular complexity index is 624. The number of pyridine rings is 1. The van der Waals surface area contributed by atoms with Gasteiger partial charge in [0.1, 0.15) is 0 Å². The number of nitrogens with zero attached hydrogens (tertiary/aromatic N) is 2. The molecule has 0 saturated carbocycles. The second kappa shape index (κ2) is 5.91. The first-order chi connectivity index (χ1) is 9.13. The summed E-state index contributed by atoms with van der Waals surface area (Å²) in [5, 5.41) is 14.9. The molecule has 8 heteroatoms. The molecule has 102 valence electrons. The first kappa shape index (κ1) is 13.7. The third kappa shape index (κ3) is 3.37. The van der Waals surface area contributed by atoms with E-state index < -0.39 is 10.0 Å². The van der Waals surface area contributed by atoms with Gasteiger partial charge in [-0.3, -0.25) is 10.1 Å². The summed E-state index contributed by atoms with van der Waals surface area (Å²) >= 11 is 0. The number of H-pyrrole nitrogens is 1. The molecule has 0 aliphatic rings. The first-order valence-corrected chi connectivity index (χ1v) is 7.14. The molecule has 0 bridgehead atoms. The molecule has 0 aliphatic heterocycles. The fraction of sp³-hybridized carbons (Fsp3) is 0.273. The highest BCUT2D eigenvalue weighted by molar-refractivity contribution is 7.89. The highest BCUT2D eigenvalue weighted by atomic mass is 32.2. The maximum atomic E-state index is 11.9. The summed E-state index contributed by atoms with van der Waals surface area (Å²) in [6.07, 6.45) is 3.43. The average Bonchev–Trinajstić information content (AvgIpc) is 2.89. The summed E-state index contributed by atoms with van der Waals surface area (Å²) in [5.41, 5.74) is 1.04. The number of aliphatic hydroxyl groups is 1. The Morgan fingerprint density at radius 2 is 2.21 bits per heavy atom. The van der Waals surface area contributed by atoms with Gasteiger partial charge in [0.15, 0.2) is 5.03 Å². The van der Waals surface area contributed by atoms with Gasteiger partial charge in [-0.1, -0.05) is 6.07 Å². The van der Waals surface area contributed by atoms with Crippen LogP contribution in [0.3, 0.4) is 0 Å². The van der Waals surface area contributed by atoms with Crippen molar-refractivity contribution in [2.45, 2.75) is 18.1 Å². The molecule has 3 N–H and O–H groups in total. The number of rotatable bonds is 6. The molecule has 0 unspecified atom stereocenters. The van der Waals surface area contributed by atoms with Crippen LogP contribution in [0.15, 0.2) is 35.6 Å². The first-order valence-electron chi connectivity index (χ1n) is 5.66. The van der Waals surface area contributed by atoms with Crippen LogP contribution in [0.1, 0.15) is 11.3 Å². The van der Waals surface area contributed by atoms with Crippen LogP contribution in [0.2, 0.25) is 0 Å². The van der Waals surface area contributed by atoms with E-state index in [1.54, 1.807) is 12.3 Å². The molecule has 2 aromatic heterocycles. The summed E-state index contributed by atoms with van der Waals surface area (Å²) in [4.78, 5) is 4.10. The van der Waals surface area contributed by atoms with E-state index in [1.165, 1.54) is 6.20 Å². The molecule has 0 radical (unpaired) electrons. The van der Waals surface area contributed by atoms with E-state index in [4.69, 9.17) is 5.11 Å². The summed E-state index contributed by atoms with van der Waals surface area (Å²) < 4.78 is 26.3. The highest BCUT2D eigenvalue weighted by Gasteiger charge is 2.19. The Morgan fingerprint density at radius 1 is 1.37 bits per heavy atom. The lowest BCUT2D eigenvalue weighted by Crippen LogP contribution is -2.27. The molecule has 0 atom stereocenters.